The van der Waals surface area contributed by atoms with Crippen LogP contribution in [0.3, 0.4) is 0 Å². The maximum absolute atomic E-state index is 13.2. The molecule has 35 heavy (non-hydrogen) atoms. The van der Waals surface area contributed by atoms with Gasteiger partial charge in [-0.1, -0.05) is 41.9 Å². The van der Waals surface area contributed by atoms with Crippen LogP contribution in [0.2, 0.25) is 5.02 Å². The highest BCUT2D eigenvalue weighted by molar-refractivity contribution is 6.31. The summed E-state index contributed by atoms with van der Waals surface area (Å²) in [5, 5.41) is 5.96. The molecule has 180 valence electrons. The molecule has 3 aromatic rings. The lowest BCUT2D eigenvalue weighted by atomic mass is 9.68. The number of hydrogen-bond donors (Lipinski definition) is 2. The maximum Gasteiger partial charge on any atom is 0.417 e. The zero-order chi connectivity index (χ0) is 24.3. The number of carbonyl (C=O) groups excluding carboxylic acids is 1. The second kappa shape index (κ2) is 8.30. The lowest BCUT2D eigenvalue weighted by molar-refractivity contribution is -0.137. The fraction of sp³-hybridized carbons (Fsp3) is 0.321. The summed E-state index contributed by atoms with van der Waals surface area (Å²) in [6, 6.07) is 19.8. The quantitative estimate of drug-likeness (QED) is 0.387. The molecule has 2 aliphatic carbocycles. The van der Waals surface area contributed by atoms with Gasteiger partial charge in [0.1, 0.15) is 0 Å². The van der Waals surface area contributed by atoms with Gasteiger partial charge in [0.15, 0.2) is 0 Å². The first-order chi connectivity index (χ1) is 16.8. The number of hydrogen-bond acceptors (Lipinski definition) is 2. The number of fused-ring (bicyclic) bond motifs is 7. The predicted molar refractivity (Wildman–Crippen MR) is 131 cm³/mol. The third kappa shape index (κ3) is 3.88. The first-order valence-corrected chi connectivity index (χ1v) is 12.3. The van der Waals surface area contributed by atoms with Gasteiger partial charge in [0.2, 0.25) is 0 Å². The van der Waals surface area contributed by atoms with Gasteiger partial charge in [-0.05, 0) is 90.5 Å². The molecule has 0 unspecified atom stereocenters. The monoisotopic (exact) mass is 496 g/mol. The topological polar surface area (TPSA) is 41.1 Å². The van der Waals surface area contributed by atoms with Crippen molar-refractivity contribution in [3.05, 3.63) is 94.0 Å². The Morgan fingerprint density at radius 2 is 1.74 bits per heavy atom. The number of nitrogens with one attached hydrogen (secondary N) is 2. The number of benzene rings is 3. The number of amides is 1. The van der Waals surface area contributed by atoms with E-state index in [1.54, 1.807) is 6.07 Å². The molecule has 7 heteroatoms. The number of alkyl halides is 3. The molecule has 1 heterocycles. The normalized spacial score (nSPS) is 26.6. The first-order valence-electron chi connectivity index (χ1n) is 11.9. The summed E-state index contributed by atoms with van der Waals surface area (Å²) in [6.07, 6.45) is -0.943. The van der Waals surface area contributed by atoms with Crippen LogP contribution in [0, 0.1) is 17.8 Å². The van der Waals surface area contributed by atoms with Crippen LogP contribution in [0.15, 0.2) is 66.7 Å². The van der Waals surface area contributed by atoms with Crippen molar-refractivity contribution in [1.29, 1.82) is 0 Å². The van der Waals surface area contributed by atoms with Crippen molar-refractivity contribution < 1.29 is 18.0 Å². The molecule has 0 spiro atoms. The van der Waals surface area contributed by atoms with Crippen molar-refractivity contribution in [2.24, 2.45) is 17.8 Å². The summed E-state index contributed by atoms with van der Waals surface area (Å²) in [7, 11) is 0. The second-order valence-electron chi connectivity index (χ2n) is 9.92. The average Bonchev–Trinajstić information content (AvgIpc) is 3.47. The fourth-order valence-electron chi connectivity index (χ4n) is 6.64. The lowest BCUT2D eigenvalue weighted by Crippen LogP contribution is -2.35. The van der Waals surface area contributed by atoms with Gasteiger partial charge in [-0.2, -0.15) is 13.2 Å². The van der Waals surface area contributed by atoms with Gasteiger partial charge in [-0.25, -0.2) is 0 Å². The number of halogens is 4. The summed E-state index contributed by atoms with van der Waals surface area (Å²) in [5.74, 6) is 1.65. The van der Waals surface area contributed by atoms with Crippen LogP contribution in [0.4, 0.5) is 24.5 Å². The van der Waals surface area contributed by atoms with Crippen LogP contribution in [-0.4, -0.2) is 5.91 Å². The van der Waals surface area contributed by atoms with Crippen molar-refractivity contribution >= 4 is 28.9 Å². The molecule has 6 rings (SSSR count). The first kappa shape index (κ1) is 22.5. The van der Waals surface area contributed by atoms with Crippen LogP contribution in [-0.2, 0) is 6.18 Å². The van der Waals surface area contributed by atoms with Crippen LogP contribution < -0.4 is 10.6 Å². The highest BCUT2D eigenvalue weighted by Gasteiger charge is 2.53. The van der Waals surface area contributed by atoms with E-state index in [1.807, 2.05) is 18.2 Å². The van der Waals surface area contributed by atoms with Crippen LogP contribution in [0.5, 0.6) is 0 Å². The molecular formula is C28H24ClF3N2O. The Kier molecular flexibility index (Phi) is 5.33. The Bertz CT molecular complexity index is 1290. The predicted octanol–water partition coefficient (Wildman–Crippen LogP) is 7.91. The van der Waals surface area contributed by atoms with E-state index in [2.05, 4.69) is 34.9 Å². The zero-order valence-electron chi connectivity index (χ0n) is 18.8. The molecule has 2 N–H and O–H groups in total. The minimum Gasteiger partial charge on any atom is -0.378 e. The smallest absolute Gasteiger partial charge is 0.378 e. The van der Waals surface area contributed by atoms with Crippen LogP contribution in [0.25, 0.3) is 0 Å². The van der Waals surface area contributed by atoms with Gasteiger partial charge >= 0.3 is 6.18 Å². The van der Waals surface area contributed by atoms with Crippen molar-refractivity contribution in [3.63, 3.8) is 0 Å². The van der Waals surface area contributed by atoms with Crippen molar-refractivity contribution in [2.45, 2.75) is 37.4 Å². The SMILES string of the molecule is O=C(Nc1ccc(Cl)c(C(F)(F)F)c1)c1ccc2c(c1)[C@@H]1[C@H]3CC[C@@H](C3)[C@@H]1[C@@H](c1ccccc1)N2. The molecular weight excluding hydrogens is 473 g/mol. The van der Waals surface area contributed by atoms with Crippen molar-refractivity contribution in [3.8, 4) is 0 Å². The number of anilines is 2. The Morgan fingerprint density at radius 3 is 2.51 bits per heavy atom. The van der Waals surface area contributed by atoms with Gasteiger partial charge < -0.3 is 10.6 Å². The van der Waals surface area contributed by atoms with E-state index in [0.29, 0.717) is 29.2 Å². The van der Waals surface area contributed by atoms with Gasteiger partial charge in [0.25, 0.3) is 5.91 Å². The summed E-state index contributed by atoms with van der Waals surface area (Å²) < 4.78 is 39.7. The average molecular weight is 497 g/mol. The van der Waals surface area contributed by atoms with Crippen LogP contribution in [0.1, 0.15) is 58.3 Å². The minimum absolute atomic E-state index is 0.0597. The molecule has 2 fully saturated rings. The molecule has 3 aromatic carbocycles. The van der Waals surface area contributed by atoms with Crippen molar-refractivity contribution in [2.75, 3.05) is 10.6 Å². The molecule has 2 saturated carbocycles. The van der Waals surface area contributed by atoms with E-state index < -0.39 is 22.7 Å². The second-order valence-corrected chi connectivity index (χ2v) is 10.3. The van der Waals surface area contributed by atoms with E-state index in [-0.39, 0.29) is 11.7 Å². The largest absolute Gasteiger partial charge is 0.417 e. The summed E-state index contributed by atoms with van der Waals surface area (Å²) in [6.45, 7) is 0. The Hall–Kier alpha value is -2.99. The molecule has 2 bridgehead atoms. The minimum atomic E-state index is -4.60. The molecule has 1 amide bonds. The van der Waals surface area contributed by atoms with E-state index in [9.17, 15) is 18.0 Å². The van der Waals surface area contributed by atoms with E-state index in [1.165, 1.54) is 30.9 Å². The Balaban J connectivity index is 1.31. The number of rotatable bonds is 3. The summed E-state index contributed by atoms with van der Waals surface area (Å²) in [4.78, 5) is 13.0. The molecule has 3 nitrogen and oxygen atoms in total. The third-order valence-corrected chi connectivity index (χ3v) is 8.37. The van der Waals surface area contributed by atoms with Gasteiger partial charge in [-0.15, -0.1) is 0 Å². The molecule has 0 radical (unpaired) electrons. The molecule has 1 aliphatic heterocycles. The molecule has 0 aromatic heterocycles. The highest BCUT2D eigenvalue weighted by atomic mass is 35.5. The molecule has 3 aliphatic rings. The van der Waals surface area contributed by atoms with Gasteiger partial charge in [0.05, 0.1) is 16.6 Å². The fourth-order valence-corrected chi connectivity index (χ4v) is 6.87. The molecule has 0 saturated heterocycles. The Labute approximate surface area is 206 Å². The standard InChI is InChI=1S/C28H24ClF3N2O/c29-22-10-9-19(14-21(22)28(30,31)32)33-27(35)18-8-11-23-20(13-18)24-16-6-7-17(12-16)25(24)26(34-23)15-4-2-1-3-5-15/h1-5,8-11,13-14,16-17,24-26,34H,6-7,12H2,(H,33,35)/t16-,17-,24-,25-,26+/m0/s1. The van der Waals surface area contributed by atoms with E-state index in [4.69, 9.17) is 11.6 Å². The van der Waals surface area contributed by atoms with Crippen molar-refractivity contribution in [1.82, 2.24) is 0 Å². The maximum atomic E-state index is 13.2. The number of carbonyl (C=O) groups is 1. The summed E-state index contributed by atoms with van der Waals surface area (Å²) in [5.41, 5.74) is 3.00. The van der Waals surface area contributed by atoms with E-state index in [0.717, 1.165) is 23.4 Å². The Morgan fingerprint density at radius 1 is 0.971 bits per heavy atom. The summed E-state index contributed by atoms with van der Waals surface area (Å²) >= 11 is 5.71. The van der Waals surface area contributed by atoms with E-state index >= 15 is 0 Å². The highest BCUT2D eigenvalue weighted by Crippen LogP contribution is 2.63. The third-order valence-electron chi connectivity index (χ3n) is 8.04. The zero-order valence-corrected chi connectivity index (χ0v) is 19.5. The molecule has 5 atom stereocenters. The lowest BCUT2D eigenvalue weighted by Gasteiger charge is -2.43. The van der Waals surface area contributed by atoms with Gasteiger partial charge in [0, 0.05) is 16.9 Å². The van der Waals surface area contributed by atoms with Gasteiger partial charge in [-0.3, -0.25) is 4.79 Å². The van der Waals surface area contributed by atoms with Crippen LogP contribution >= 0.6 is 11.6 Å².